The molecule has 0 saturated heterocycles. The van der Waals surface area contributed by atoms with Gasteiger partial charge >= 0.3 is 30.1 Å². The second-order valence-corrected chi connectivity index (χ2v) is 0. The second kappa shape index (κ2) is 98.5. The minimum atomic E-state index is 0. The molecule has 2 nitrogen and oxygen atoms in total. The maximum atomic E-state index is 8.28. The van der Waals surface area contributed by atoms with Crippen LogP contribution >= 0.6 is 0 Å². The van der Waals surface area contributed by atoms with Gasteiger partial charge < -0.3 is 5.48 Å². The average molecular weight is 73.0 g/mol. The maximum absolute atomic E-state index is 8.28. The standard InChI is InChI=1S/Al.Be.H2O.O.3H/h;;1H2;;;;. The normalized spacial score (nSPS) is 0.750. The average Bonchev–Trinajstić information content (AvgIpc) is 1.00. The summed E-state index contributed by atoms with van der Waals surface area (Å²) in [6.45, 7) is 0. The Hall–Kier alpha value is 0.461. The van der Waals surface area contributed by atoms with Crippen LogP contribution in [0.15, 0.2) is 0 Å². The molecule has 0 aromatic rings. The van der Waals surface area contributed by atoms with E-state index in [2.05, 4.69) is 0 Å². The van der Waals surface area contributed by atoms with Crippen LogP contribution in [0.1, 0.15) is 0 Å². The zero-order valence-electron chi connectivity index (χ0n) is 1.62. The summed E-state index contributed by atoms with van der Waals surface area (Å²) in [7, 11) is 0. The monoisotopic (exact) mass is 73.0 g/mol. The Kier molecular flexibility index (Phi) is 617. The summed E-state index contributed by atoms with van der Waals surface area (Å²) in [6.07, 6.45) is 0. The predicted molar refractivity (Wildman–Crippen MR) is 20.0 cm³/mol. The van der Waals surface area contributed by atoms with Crippen LogP contribution in [0, 0.1) is 0 Å². The molecule has 0 aliphatic heterocycles. The molecule has 0 heterocycles. The molecule has 0 saturated carbocycles. The molecular weight excluding hydrogens is 68.0 g/mol. The van der Waals surface area contributed by atoms with E-state index in [4.69, 9.17) is 3.80 Å². The molecule has 0 rings (SSSR count). The van der Waals surface area contributed by atoms with Crippen LogP contribution in [0.2, 0.25) is 0 Å². The van der Waals surface area contributed by atoms with Gasteiger partial charge in [-0.25, -0.2) is 0 Å². The fraction of sp³-hybridized carbons (Fsp3) is 0. The van der Waals surface area contributed by atoms with Crippen molar-refractivity contribution in [2.45, 2.75) is 0 Å². The van der Waals surface area contributed by atoms with E-state index in [0.29, 0.717) is 16.2 Å². The van der Waals surface area contributed by atoms with Gasteiger partial charge in [0.05, 0.1) is 0 Å². The predicted octanol–water partition coefficient (Wildman–Crippen LogP) is -2.51. The van der Waals surface area contributed by atoms with Gasteiger partial charge in [-0.2, -0.15) is 0 Å². The Morgan fingerprint density at radius 3 is 1.25 bits per heavy atom. The summed E-state index contributed by atoms with van der Waals surface area (Å²) < 4.78 is 8.28. The van der Waals surface area contributed by atoms with Crippen molar-refractivity contribution < 1.29 is 9.28 Å². The van der Waals surface area contributed by atoms with Crippen LogP contribution in [-0.4, -0.2) is 31.8 Å². The van der Waals surface area contributed by atoms with Crippen molar-refractivity contribution >= 4 is 26.3 Å². The fourth-order valence-electron chi connectivity index (χ4n) is 0. The van der Waals surface area contributed by atoms with E-state index in [-0.39, 0.29) is 15.6 Å². The molecule has 0 atom stereocenters. The van der Waals surface area contributed by atoms with Crippen LogP contribution in [0.5, 0.6) is 0 Å². The van der Waals surface area contributed by atoms with Crippen molar-refractivity contribution in [1.82, 2.24) is 0 Å². The molecule has 4 heteroatoms. The van der Waals surface area contributed by atoms with E-state index >= 15 is 0 Å². The van der Waals surface area contributed by atoms with Gasteiger partial charge in [-0.1, -0.05) is 0 Å². The molecule has 2 N–H and O–H groups in total. The van der Waals surface area contributed by atoms with Gasteiger partial charge in [0.15, 0.2) is 0 Å². The van der Waals surface area contributed by atoms with Crippen molar-refractivity contribution in [1.29, 1.82) is 0 Å². The Morgan fingerprint density at radius 1 is 1.25 bits per heavy atom. The molecule has 0 aliphatic rings. The number of rotatable bonds is 0. The van der Waals surface area contributed by atoms with Crippen LogP contribution < -0.4 is 0 Å². The van der Waals surface area contributed by atoms with Gasteiger partial charge in [-0.05, 0) is 0 Å². The summed E-state index contributed by atoms with van der Waals surface area (Å²) in [6, 6.07) is 0. The fourth-order valence-corrected chi connectivity index (χ4v) is 0. The zero-order valence-corrected chi connectivity index (χ0v) is 3.03. The Morgan fingerprint density at radius 2 is 1.25 bits per heavy atom. The molecule has 0 aromatic carbocycles. The van der Waals surface area contributed by atoms with Crippen molar-refractivity contribution in [3.8, 4) is 0 Å². The van der Waals surface area contributed by atoms with E-state index < -0.39 is 0 Å². The summed E-state index contributed by atoms with van der Waals surface area (Å²) >= 11 is 0.611. The third-order valence-electron chi connectivity index (χ3n) is 0. The van der Waals surface area contributed by atoms with Crippen LogP contribution in [0.25, 0.3) is 0 Å². The third-order valence-corrected chi connectivity index (χ3v) is 0. The van der Waals surface area contributed by atoms with Crippen LogP contribution in [0.4, 0.5) is 0 Å². The Labute approximate surface area is 36.4 Å². The molecule has 0 fully saturated rings. The van der Waals surface area contributed by atoms with Crippen LogP contribution in [-0.2, 0) is 3.80 Å². The first-order chi connectivity index (χ1) is 1.00. The van der Waals surface area contributed by atoms with E-state index in [0.717, 1.165) is 0 Å². The van der Waals surface area contributed by atoms with E-state index in [1.165, 1.54) is 0 Å². The molecule has 22 valence electrons. The molecule has 4 heavy (non-hydrogen) atoms. The summed E-state index contributed by atoms with van der Waals surface area (Å²) in [4.78, 5) is 0. The molecular formula is H5AlBeO2. The van der Waals surface area contributed by atoms with Gasteiger partial charge in [-0.3, -0.25) is 0 Å². The summed E-state index contributed by atoms with van der Waals surface area (Å²) in [5.74, 6) is 0. The molecule has 0 bridgehead atoms. The zero-order chi connectivity index (χ0) is 2.00. The summed E-state index contributed by atoms with van der Waals surface area (Å²) in [5, 5.41) is 0. The van der Waals surface area contributed by atoms with E-state index in [1.54, 1.807) is 0 Å². The van der Waals surface area contributed by atoms with Crippen molar-refractivity contribution in [2.24, 2.45) is 0 Å². The van der Waals surface area contributed by atoms with E-state index in [9.17, 15) is 0 Å². The van der Waals surface area contributed by atoms with Crippen LogP contribution in [0.3, 0.4) is 0 Å². The van der Waals surface area contributed by atoms with Gasteiger partial charge in [-0.15, -0.1) is 0 Å². The molecule has 0 unspecified atom stereocenters. The SMILES string of the molecule is O.[BeH2].[O]=[AlH]. The Balaban J connectivity index is -0.00000000500. The quantitative estimate of drug-likeness (QED) is 0.292. The number of hydrogen-bond donors (Lipinski definition) is 0. The first-order valence-electron chi connectivity index (χ1n) is 0.289. The summed E-state index contributed by atoms with van der Waals surface area (Å²) in [5.41, 5.74) is 0. The molecule has 0 aromatic heterocycles. The molecule has 0 radical (unpaired) electrons. The van der Waals surface area contributed by atoms with Crippen molar-refractivity contribution in [3.05, 3.63) is 0 Å². The van der Waals surface area contributed by atoms with Gasteiger partial charge in [0.1, 0.15) is 0 Å². The minimum absolute atomic E-state index is 0. The molecule has 0 spiro atoms. The van der Waals surface area contributed by atoms with Gasteiger partial charge in [0.25, 0.3) is 0 Å². The van der Waals surface area contributed by atoms with Crippen molar-refractivity contribution in [2.75, 3.05) is 0 Å². The van der Waals surface area contributed by atoms with E-state index in [1.807, 2.05) is 0 Å². The molecule has 0 amide bonds. The first kappa shape index (κ1) is 25.0. The van der Waals surface area contributed by atoms with Gasteiger partial charge in [0.2, 0.25) is 0 Å². The first-order valence-corrected chi connectivity index (χ1v) is 0.866. The second-order valence-electron chi connectivity index (χ2n) is 0. The van der Waals surface area contributed by atoms with Gasteiger partial charge in [0, 0.05) is 0 Å². The molecule has 0 aliphatic carbocycles. The third kappa shape index (κ3) is 24.7. The number of hydrogen-bond acceptors (Lipinski definition) is 1. The Bertz CT molecular complexity index is 6.00. The topological polar surface area (TPSA) is 48.6 Å². The van der Waals surface area contributed by atoms with Crippen molar-refractivity contribution in [3.63, 3.8) is 0 Å².